The van der Waals surface area contributed by atoms with E-state index in [1.807, 2.05) is 49.4 Å². The van der Waals surface area contributed by atoms with Gasteiger partial charge in [0.25, 0.3) is 5.91 Å². The molecule has 3 aromatic carbocycles. The minimum atomic E-state index is -0.696. The van der Waals surface area contributed by atoms with Crippen molar-refractivity contribution in [3.05, 3.63) is 112 Å². The fourth-order valence-corrected chi connectivity index (χ4v) is 6.30. The second-order valence-electron chi connectivity index (χ2n) is 8.79. The highest BCUT2D eigenvalue weighted by Crippen LogP contribution is 2.43. The number of benzene rings is 3. The highest BCUT2D eigenvalue weighted by Gasteiger charge is 2.45. The van der Waals surface area contributed by atoms with Crippen LogP contribution in [0.3, 0.4) is 0 Å². The summed E-state index contributed by atoms with van der Waals surface area (Å²) in [6.07, 6.45) is 0.899. The molecule has 3 heterocycles. The standard InChI is InChI=1S/C29H23N3O4S2/c1-2-16-35-20-14-12-19(13-15-20)24-23-25(33)21-10-6-7-11-22(21)36-26(23)27(34)32(24)28-30-31-29(38-28)37-17-18-8-4-3-5-9-18/h3-15,24H,2,16-17H2,1H3. The Hall–Kier alpha value is -3.95. The summed E-state index contributed by atoms with van der Waals surface area (Å²) in [6, 6.07) is 23.9. The van der Waals surface area contributed by atoms with E-state index in [9.17, 15) is 9.59 Å². The summed E-state index contributed by atoms with van der Waals surface area (Å²) in [5.41, 5.74) is 2.40. The Bertz CT molecular complexity index is 1670. The molecule has 1 amide bonds. The molecule has 0 saturated carbocycles. The maximum Gasteiger partial charge on any atom is 0.297 e. The minimum Gasteiger partial charge on any atom is -0.494 e. The van der Waals surface area contributed by atoms with E-state index in [0.717, 1.165) is 27.8 Å². The quantitative estimate of drug-likeness (QED) is 0.164. The summed E-state index contributed by atoms with van der Waals surface area (Å²) < 4.78 is 12.5. The topological polar surface area (TPSA) is 85.5 Å². The fraction of sp³-hybridized carbons (Fsp3) is 0.172. The van der Waals surface area contributed by atoms with Crippen LogP contribution in [0.5, 0.6) is 5.75 Å². The van der Waals surface area contributed by atoms with Crippen molar-refractivity contribution in [2.45, 2.75) is 29.5 Å². The Morgan fingerprint density at radius 1 is 0.974 bits per heavy atom. The van der Waals surface area contributed by atoms with Gasteiger partial charge in [0.2, 0.25) is 10.9 Å². The number of hydrogen-bond donors (Lipinski definition) is 0. The summed E-state index contributed by atoms with van der Waals surface area (Å²) in [5, 5.41) is 9.55. The van der Waals surface area contributed by atoms with Gasteiger partial charge in [-0.25, -0.2) is 0 Å². The van der Waals surface area contributed by atoms with E-state index in [-0.39, 0.29) is 11.2 Å². The predicted octanol–water partition coefficient (Wildman–Crippen LogP) is 6.48. The average molecular weight is 542 g/mol. The van der Waals surface area contributed by atoms with Crippen molar-refractivity contribution < 1.29 is 13.9 Å². The molecular weight excluding hydrogens is 518 g/mol. The number of fused-ring (bicyclic) bond motifs is 2. The molecule has 7 nitrogen and oxygen atoms in total. The van der Waals surface area contributed by atoms with E-state index in [0.29, 0.717) is 28.3 Å². The van der Waals surface area contributed by atoms with Crippen LogP contribution in [0, 0.1) is 0 Å². The number of ether oxygens (including phenoxy) is 1. The maximum atomic E-state index is 13.8. The summed E-state index contributed by atoms with van der Waals surface area (Å²) in [4.78, 5) is 29.0. The van der Waals surface area contributed by atoms with Crippen molar-refractivity contribution in [3.8, 4) is 5.75 Å². The fourth-order valence-electron chi connectivity index (χ4n) is 4.48. The normalized spacial score (nSPS) is 14.7. The molecule has 0 bridgehead atoms. The number of hydrogen-bond acceptors (Lipinski definition) is 8. The van der Waals surface area contributed by atoms with Crippen LogP contribution in [-0.4, -0.2) is 22.7 Å². The molecule has 1 aliphatic rings. The average Bonchev–Trinajstić information content (AvgIpc) is 3.54. The third kappa shape index (κ3) is 4.48. The van der Waals surface area contributed by atoms with Gasteiger partial charge in [0.05, 0.1) is 23.6 Å². The lowest BCUT2D eigenvalue weighted by atomic mass is 9.98. The first-order valence-electron chi connectivity index (χ1n) is 12.3. The molecule has 2 aromatic heterocycles. The number of para-hydroxylation sites is 1. The van der Waals surface area contributed by atoms with Gasteiger partial charge in [0.1, 0.15) is 11.3 Å². The summed E-state index contributed by atoms with van der Waals surface area (Å²) in [6.45, 7) is 2.66. The van der Waals surface area contributed by atoms with Crippen LogP contribution in [-0.2, 0) is 5.75 Å². The minimum absolute atomic E-state index is 0.0405. The Morgan fingerprint density at radius 2 is 1.74 bits per heavy atom. The molecule has 0 saturated heterocycles. The van der Waals surface area contributed by atoms with Crippen molar-refractivity contribution in [2.24, 2.45) is 0 Å². The predicted molar refractivity (Wildman–Crippen MR) is 149 cm³/mol. The number of thioether (sulfide) groups is 1. The zero-order valence-electron chi connectivity index (χ0n) is 20.5. The van der Waals surface area contributed by atoms with Gasteiger partial charge < -0.3 is 9.15 Å². The monoisotopic (exact) mass is 541 g/mol. The smallest absolute Gasteiger partial charge is 0.297 e. The second kappa shape index (κ2) is 10.4. The largest absolute Gasteiger partial charge is 0.494 e. The molecule has 0 aliphatic carbocycles. The van der Waals surface area contributed by atoms with Crippen LogP contribution in [0.2, 0.25) is 0 Å². The van der Waals surface area contributed by atoms with Crippen LogP contribution >= 0.6 is 23.1 Å². The molecule has 0 spiro atoms. The Kier molecular flexibility index (Phi) is 6.70. The van der Waals surface area contributed by atoms with E-state index < -0.39 is 11.9 Å². The first-order valence-corrected chi connectivity index (χ1v) is 14.1. The number of carbonyl (C=O) groups is 1. The molecule has 9 heteroatoms. The van der Waals surface area contributed by atoms with E-state index in [2.05, 4.69) is 22.3 Å². The Labute approximate surface area is 227 Å². The lowest BCUT2D eigenvalue weighted by Crippen LogP contribution is -2.29. The van der Waals surface area contributed by atoms with Crippen molar-refractivity contribution in [1.29, 1.82) is 0 Å². The molecule has 190 valence electrons. The highest BCUT2D eigenvalue weighted by molar-refractivity contribution is 8.00. The maximum absolute atomic E-state index is 13.8. The first kappa shape index (κ1) is 24.4. The van der Waals surface area contributed by atoms with E-state index in [4.69, 9.17) is 9.15 Å². The van der Waals surface area contributed by atoms with Gasteiger partial charge in [-0.15, -0.1) is 10.2 Å². The third-order valence-electron chi connectivity index (χ3n) is 6.25. The van der Waals surface area contributed by atoms with E-state index >= 15 is 0 Å². The summed E-state index contributed by atoms with van der Waals surface area (Å²) in [5.74, 6) is 1.10. The van der Waals surface area contributed by atoms with Gasteiger partial charge in [-0.3, -0.25) is 14.5 Å². The molecule has 0 radical (unpaired) electrons. The SMILES string of the molecule is CCCOc1ccc(C2c3c(oc4ccccc4c3=O)C(=O)N2c2nnc(SCc3ccccc3)s2)cc1. The molecule has 1 unspecified atom stereocenters. The van der Waals surface area contributed by atoms with Crippen molar-refractivity contribution >= 4 is 45.1 Å². The lowest BCUT2D eigenvalue weighted by molar-refractivity contribution is 0.0970. The van der Waals surface area contributed by atoms with Gasteiger partial charge in [-0.2, -0.15) is 0 Å². The number of rotatable bonds is 8. The van der Waals surface area contributed by atoms with E-state index in [1.165, 1.54) is 21.8 Å². The first-order chi connectivity index (χ1) is 18.6. The molecule has 0 N–H and O–H groups in total. The second-order valence-corrected chi connectivity index (χ2v) is 11.0. The summed E-state index contributed by atoms with van der Waals surface area (Å²) >= 11 is 2.88. The molecule has 1 atom stereocenters. The number of anilines is 1. The van der Waals surface area contributed by atoms with Gasteiger partial charge in [0, 0.05) is 5.75 Å². The van der Waals surface area contributed by atoms with Gasteiger partial charge in [-0.05, 0) is 41.8 Å². The highest BCUT2D eigenvalue weighted by atomic mass is 32.2. The third-order valence-corrected chi connectivity index (χ3v) is 8.38. The molecule has 1 aliphatic heterocycles. The number of amides is 1. The molecule has 6 rings (SSSR count). The van der Waals surface area contributed by atoms with Gasteiger partial charge in [0.15, 0.2) is 9.77 Å². The summed E-state index contributed by atoms with van der Waals surface area (Å²) in [7, 11) is 0. The van der Waals surface area contributed by atoms with Crippen LogP contribution in [0.1, 0.15) is 46.6 Å². The van der Waals surface area contributed by atoms with Gasteiger partial charge in [-0.1, -0.05) is 84.6 Å². The van der Waals surface area contributed by atoms with E-state index in [1.54, 1.807) is 36.0 Å². The van der Waals surface area contributed by atoms with Crippen LogP contribution < -0.4 is 15.1 Å². The van der Waals surface area contributed by atoms with Crippen LogP contribution in [0.15, 0.2) is 92.4 Å². The molecular formula is C29H23N3O4S2. The lowest BCUT2D eigenvalue weighted by Gasteiger charge is -2.22. The molecule has 38 heavy (non-hydrogen) atoms. The Morgan fingerprint density at radius 3 is 2.53 bits per heavy atom. The van der Waals surface area contributed by atoms with Gasteiger partial charge >= 0.3 is 0 Å². The zero-order chi connectivity index (χ0) is 26.1. The molecule has 5 aromatic rings. The van der Waals surface area contributed by atoms with Crippen molar-refractivity contribution in [3.63, 3.8) is 0 Å². The number of carbonyl (C=O) groups excluding carboxylic acids is 1. The van der Waals surface area contributed by atoms with Crippen molar-refractivity contribution in [1.82, 2.24) is 10.2 Å². The Balaban J connectivity index is 1.41. The number of nitrogens with zero attached hydrogens (tertiary/aromatic N) is 3. The molecule has 0 fully saturated rings. The van der Waals surface area contributed by atoms with Crippen LogP contribution in [0.4, 0.5) is 5.13 Å². The zero-order valence-corrected chi connectivity index (χ0v) is 22.1. The van der Waals surface area contributed by atoms with Crippen molar-refractivity contribution in [2.75, 3.05) is 11.5 Å². The number of aromatic nitrogens is 2. The van der Waals surface area contributed by atoms with Crippen LogP contribution in [0.25, 0.3) is 11.0 Å².